The predicted molar refractivity (Wildman–Crippen MR) is 66.4 cm³/mol. The van der Waals surface area contributed by atoms with Gasteiger partial charge in [-0.05, 0) is 32.5 Å². The van der Waals surface area contributed by atoms with Crippen LogP contribution in [-0.4, -0.2) is 16.7 Å². The minimum Gasteiger partial charge on any atom is -0.337 e. The van der Waals surface area contributed by atoms with Gasteiger partial charge in [-0.2, -0.15) is 4.98 Å². The molecule has 4 nitrogen and oxygen atoms in total. The molecule has 1 heterocycles. The van der Waals surface area contributed by atoms with Crippen LogP contribution >= 0.6 is 0 Å². The molecule has 96 valence electrons. The lowest BCUT2D eigenvalue weighted by atomic mass is 10.1. The van der Waals surface area contributed by atoms with Crippen molar-refractivity contribution in [1.29, 1.82) is 0 Å². The Kier molecular flexibility index (Phi) is 3.43. The third kappa shape index (κ3) is 2.56. The van der Waals surface area contributed by atoms with Crippen molar-refractivity contribution in [2.24, 2.45) is 0 Å². The lowest BCUT2D eigenvalue weighted by Crippen LogP contribution is -2.36. The van der Waals surface area contributed by atoms with Crippen molar-refractivity contribution < 1.29 is 8.91 Å². The summed E-state index contributed by atoms with van der Waals surface area (Å²) in [6.45, 7) is 6.72. The molecule has 0 atom stereocenters. The van der Waals surface area contributed by atoms with E-state index in [1.54, 1.807) is 12.1 Å². The van der Waals surface area contributed by atoms with Crippen molar-refractivity contribution >= 4 is 0 Å². The molecule has 2 rings (SSSR count). The van der Waals surface area contributed by atoms with Crippen LogP contribution in [0.1, 0.15) is 26.7 Å². The Morgan fingerprint density at radius 1 is 1.39 bits per heavy atom. The highest BCUT2D eigenvalue weighted by Crippen LogP contribution is 2.22. The van der Waals surface area contributed by atoms with Gasteiger partial charge in [0.2, 0.25) is 11.7 Å². The molecule has 0 aliphatic heterocycles. The summed E-state index contributed by atoms with van der Waals surface area (Å²) in [5, 5.41) is 7.13. The van der Waals surface area contributed by atoms with Crippen LogP contribution in [0.25, 0.3) is 11.4 Å². The maximum Gasteiger partial charge on any atom is 0.246 e. The third-order valence-corrected chi connectivity index (χ3v) is 2.66. The predicted octanol–water partition coefficient (Wildman–Crippen LogP) is 2.72. The molecule has 18 heavy (non-hydrogen) atoms. The van der Waals surface area contributed by atoms with E-state index in [0.717, 1.165) is 6.54 Å². The highest BCUT2D eigenvalue weighted by atomic mass is 19.1. The Balaban J connectivity index is 2.31. The van der Waals surface area contributed by atoms with Crippen LogP contribution in [0.4, 0.5) is 4.39 Å². The first-order valence-corrected chi connectivity index (χ1v) is 5.88. The molecule has 0 bridgehead atoms. The molecule has 0 saturated carbocycles. The Hall–Kier alpha value is -1.75. The van der Waals surface area contributed by atoms with Crippen LogP contribution < -0.4 is 5.32 Å². The van der Waals surface area contributed by atoms with Gasteiger partial charge in [0.15, 0.2) is 0 Å². The van der Waals surface area contributed by atoms with E-state index in [2.05, 4.69) is 15.5 Å². The maximum atomic E-state index is 13.1. The van der Waals surface area contributed by atoms with E-state index in [1.165, 1.54) is 12.1 Å². The first-order valence-electron chi connectivity index (χ1n) is 5.88. The largest absolute Gasteiger partial charge is 0.337 e. The number of halogens is 1. The topological polar surface area (TPSA) is 51.0 Å². The van der Waals surface area contributed by atoms with Crippen LogP contribution in [-0.2, 0) is 5.54 Å². The number of nitrogens with one attached hydrogen (secondary N) is 1. The fourth-order valence-electron chi connectivity index (χ4n) is 1.74. The molecule has 2 aromatic rings. The summed E-state index contributed by atoms with van der Waals surface area (Å²) < 4.78 is 18.3. The van der Waals surface area contributed by atoms with E-state index < -0.39 is 5.54 Å². The first kappa shape index (κ1) is 12.7. The van der Waals surface area contributed by atoms with Gasteiger partial charge in [-0.1, -0.05) is 24.2 Å². The van der Waals surface area contributed by atoms with E-state index >= 15 is 0 Å². The summed E-state index contributed by atoms with van der Waals surface area (Å²) >= 11 is 0. The first-order chi connectivity index (χ1) is 8.53. The summed E-state index contributed by atoms with van der Waals surface area (Å²) in [6.07, 6.45) is 0. The molecule has 0 saturated heterocycles. The standard InChI is InChI=1S/C13H16FN3O/c1-4-15-13(2,3)12-16-11(17-18-12)9-6-5-7-10(14)8-9/h5-8,15H,4H2,1-3H3. The minimum atomic E-state index is -0.396. The zero-order valence-corrected chi connectivity index (χ0v) is 10.7. The van der Waals surface area contributed by atoms with Gasteiger partial charge in [0, 0.05) is 5.56 Å². The van der Waals surface area contributed by atoms with Crippen molar-refractivity contribution in [3.63, 3.8) is 0 Å². The van der Waals surface area contributed by atoms with Gasteiger partial charge in [0.1, 0.15) is 5.82 Å². The molecule has 0 fully saturated rings. The van der Waals surface area contributed by atoms with Crippen molar-refractivity contribution in [1.82, 2.24) is 15.5 Å². The van der Waals surface area contributed by atoms with Crippen LogP contribution in [0.15, 0.2) is 28.8 Å². The van der Waals surface area contributed by atoms with Gasteiger partial charge in [-0.3, -0.25) is 0 Å². The van der Waals surface area contributed by atoms with Crippen LogP contribution in [0.3, 0.4) is 0 Å². The fraction of sp³-hybridized carbons (Fsp3) is 0.385. The van der Waals surface area contributed by atoms with Gasteiger partial charge in [-0.25, -0.2) is 4.39 Å². The molecule has 1 aromatic heterocycles. The number of hydrogen-bond acceptors (Lipinski definition) is 4. The average Bonchev–Trinajstić information content (AvgIpc) is 2.78. The summed E-state index contributed by atoms with van der Waals surface area (Å²) in [4.78, 5) is 4.30. The molecule has 0 aliphatic rings. The number of hydrogen-bond donors (Lipinski definition) is 1. The third-order valence-electron chi connectivity index (χ3n) is 2.66. The van der Waals surface area contributed by atoms with Gasteiger partial charge in [-0.15, -0.1) is 0 Å². The second kappa shape index (κ2) is 4.86. The Bertz CT molecular complexity index is 537. The van der Waals surface area contributed by atoms with Crippen LogP contribution in [0.5, 0.6) is 0 Å². The molecule has 0 spiro atoms. The number of rotatable bonds is 4. The average molecular weight is 249 g/mol. The van der Waals surface area contributed by atoms with E-state index in [9.17, 15) is 4.39 Å². The molecule has 0 amide bonds. The minimum absolute atomic E-state index is 0.315. The molecule has 1 N–H and O–H groups in total. The maximum absolute atomic E-state index is 13.1. The lowest BCUT2D eigenvalue weighted by molar-refractivity contribution is 0.272. The Labute approximate surface area is 105 Å². The summed E-state index contributed by atoms with van der Waals surface area (Å²) in [6, 6.07) is 6.13. The molecule has 0 aliphatic carbocycles. The molecule has 1 aromatic carbocycles. The van der Waals surface area contributed by atoms with Crippen LogP contribution in [0, 0.1) is 5.82 Å². The molecular formula is C13H16FN3O. The van der Waals surface area contributed by atoms with E-state index in [0.29, 0.717) is 17.3 Å². The molecule has 5 heteroatoms. The molecular weight excluding hydrogens is 233 g/mol. The van der Waals surface area contributed by atoms with Gasteiger partial charge >= 0.3 is 0 Å². The second-order valence-electron chi connectivity index (χ2n) is 4.59. The van der Waals surface area contributed by atoms with Gasteiger partial charge in [0.25, 0.3) is 0 Å². The smallest absolute Gasteiger partial charge is 0.246 e. The highest BCUT2D eigenvalue weighted by molar-refractivity contribution is 5.53. The highest BCUT2D eigenvalue weighted by Gasteiger charge is 2.26. The monoisotopic (exact) mass is 249 g/mol. The normalized spacial score (nSPS) is 11.8. The SMILES string of the molecule is CCNC(C)(C)c1nc(-c2cccc(F)c2)no1. The number of benzene rings is 1. The van der Waals surface area contributed by atoms with Crippen LogP contribution in [0.2, 0.25) is 0 Å². The summed E-state index contributed by atoms with van der Waals surface area (Å²) in [7, 11) is 0. The number of nitrogens with zero attached hydrogens (tertiary/aromatic N) is 2. The zero-order chi connectivity index (χ0) is 13.2. The van der Waals surface area contributed by atoms with E-state index in [-0.39, 0.29) is 5.82 Å². The molecule has 0 radical (unpaired) electrons. The van der Waals surface area contributed by atoms with E-state index in [1.807, 2.05) is 20.8 Å². The van der Waals surface area contributed by atoms with Crippen molar-refractivity contribution in [3.8, 4) is 11.4 Å². The van der Waals surface area contributed by atoms with Gasteiger partial charge < -0.3 is 9.84 Å². The Morgan fingerprint density at radius 3 is 2.83 bits per heavy atom. The Morgan fingerprint density at radius 2 is 2.17 bits per heavy atom. The number of aromatic nitrogens is 2. The van der Waals surface area contributed by atoms with Gasteiger partial charge in [0.05, 0.1) is 5.54 Å². The lowest BCUT2D eigenvalue weighted by Gasteiger charge is -2.20. The van der Waals surface area contributed by atoms with Crippen molar-refractivity contribution in [3.05, 3.63) is 36.0 Å². The van der Waals surface area contributed by atoms with E-state index in [4.69, 9.17) is 4.52 Å². The molecule has 0 unspecified atom stereocenters. The zero-order valence-electron chi connectivity index (χ0n) is 10.7. The quantitative estimate of drug-likeness (QED) is 0.905. The van der Waals surface area contributed by atoms with Crippen molar-refractivity contribution in [2.75, 3.05) is 6.54 Å². The van der Waals surface area contributed by atoms with Crippen molar-refractivity contribution in [2.45, 2.75) is 26.3 Å². The fourth-order valence-corrected chi connectivity index (χ4v) is 1.74. The summed E-state index contributed by atoms with van der Waals surface area (Å²) in [5.74, 6) is 0.573. The second-order valence-corrected chi connectivity index (χ2v) is 4.59. The summed E-state index contributed by atoms with van der Waals surface area (Å²) in [5.41, 5.74) is 0.213.